The summed E-state index contributed by atoms with van der Waals surface area (Å²) in [6.07, 6.45) is 10.6. The van der Waals surface area contributed by atoms with E-state index in [1.807, 2.05) is 50.4 Å². The number of carbonyl (C=O) groups excluding carboxylic acids is 1. The van der Waals surface area contributed by atoms with Crippen LogP contribution in [0.1, 0.15) is 61.7 Å². The molecule has 0 saturated heterocycles. The zero-order valence-electron chi connectivity index (χ0n) is 23.4. The number of rotatable bonds is 4. The fraction of sp³-hybridized carbons (Fsp3) is 0.364. The molecule has 0 bridgehead atoms. The van der Waals surface area contributed by atoms with Crippen LogP contribution in [0.2, 0.25) is 0 Å². The van der Waals surface area contributed by atoms with Crippen molar-refractivity contribution in [3.8, 4) is 0 Å². The molecule has 0 saturated carbocycles. The van der Waals surface area contributed by atoms with E-state index in [2.05, 4.69) is 77.4 Å². The zero-order chi connectivity index (χ0) is 27.1. The van der Waals surface area contributed by atoms with E-state index in [9.17, 15) is 4.79 Å². The van der Waals surface area contributed by atoms with Crippen LogP contribution in [0, 0.1) is 11.3 Å². The molecule has 0 radical (unpaired) electrons. The van der Waals surface area contributed by atoms with Crippen LogP contribution in [0.4, 0.5) is 0 Å². The Labute approximate surface area is 227 Å². The Hall–Kier alpha value is -3.57. The van der Waals surface area contributed by atoms with Gasteiger partial charge >= 0.3 is 0 Å². The van der Waals surface area contributed by atoms with Crippen molar-refractivity contribution in [2.75, 3.05) is 13.1 Å². The quantitative estimate of drug-likeness (QED) is 0.425. The summed E-state index contributed by atoms with van der Waals surface area (Å²) in [4.78, 5) is 24.9. The Kier molecular flexibility index (Phi) is 8.90. The van der Waals surface area contributed by atoms with Crippen LogP contribution in [-0.2, 0) is 19.5 Å². The summed E-state index contributed by atoms with van der Waals surface area (Å²) in [5.41, 5.74) is 6.31. The molecule has 0 fully saturated rings. The molecule has 2 aliphatic heterocycles. The third-order valence-electron chi connectivity index (χ3n) is 7.64. The lowest BCUT2D eigenvalue weighted by Gasteiger charge is -2.30. The molecule has 5 nitrogen and oxygen atoms in total. The molecule has 0 spiro atoms. The summed E-state index contributed by atoms with van der Waals surface area (Å²) in [6, 6.07) is 16.5. The first-order valence-electron chi connectivity index (χ1n) is 13.8. The average molecular weight is 509 g/mol. The molecule has 198 valence electrons. The van der Waals surface area contributed by atoms with Gasteiger partial charge in [-0.1, -0.05) is 71.0 Å². The van der Waals surface area contributed by atoms with Crippen molar-refractivity contribution >= 4 is 23.0 Å². The number of aliphatic imine (C=N–C) groups is 1. The van der Waals surface area contributed by atoms with E-state index in [1.165, 1.54) is 16.5 Å². The normalized spacial score (nSPS) is 21.0. The van der Waals surface area contributed by atoms with Crippen molar-refractivity contribution in [3.63, 3.8) is 0 Å². The summed E-state index contributed by atoms with van der Waals surface area (Å²) in [5, 5.41) is 4.33. The number of allylic oxidation sites excluding steroid dienone is 3. The highest BCUT2D eigenvalue weighted by Crippen LogP contribution is 2.29. The van der Waals surface area contributed by atoms with E-state index in [-0.39, 0.29) is 11.3 Å². The van der Waals surface area contributed by atoms with Gasteiger partial charge in [-0.05, 0) is 64.8 Å². The van der Waals surface area contributed by atoms with Gasteiger partial charge < -0.3 is 5.32 Å². The molecule has 5 heteroatoms. The van der Waals surface area contributed by atoms with Crippen LogP contribution in [0.3, 0.4) is 0 Å². The number of pyridine rings is 1. The van der Waals surface area contributed by atoms with Gasteiger partial charge in [0.15, 0.2) is 0 Å². The number of aromatic nitrogens is 1. The van der Waals surface area contributed by atoms with Gasteiger partial charge in [-0.25, -0.2) is 0 Å². The van der Waals surface area contributed by atoms with Crippen LogP contribution in [0.25, 0.3) is 10.9 Å². The van der Waals surface area contributed by atoms with Crippen LogP contribution >= 0.6 is 0 Å². The molecule has 1 aromatic heterocycles. The predicted molar refractivity (Wildman–Crippen MR) is 158 cm³/mol. The molecule has 0 aliphatic carbocycles. The van der Waals surface area contributed by atoms with Gasteiger partial charge in [0.05, 0.1) is 5.52 Å². The number of amides is 1. The number of nitrogens with zero attached hydrogens (tertiary/aromatic N) is 3. The molecule has 3 heterocycles. The highest BCUT2D eigenvalue weighted by atomic mass is 16.1. The number of hydrogen-bond donors (Lipinski definition) is 1. The van der Waals surface area contributed by atoms with Crippen molar-refractivity contribution in [1.82, 2.24) is 15.2 Å². The molecule has 38 heavy (non-hydrogen) atoms. The number of para-hydroxylation sites is 1. The van der Waals surface area contributed by atoms with Crippen LogP contribution in [0.5, 0.6) is 0 Å². The SMILES string of the molecule is CC.CC1/C=C\C(NC(=O)c2cccc3c2CCN(Cc2ccnc4ccccc24)C3)=C/C=NCC1(C)C. The van der Waals surface area contributed by atoms with Gasteiger partial charge in [-0.2, -0.15) is 0 Å². The maximum Gasteiger partial charge on any atom is 0.255 e. The number of carbonyl (C=O) groups is 1. The summed E-state index contributed by atoms with van der Waals surface area (Å²) in [6.45, 7) is 14.0. The first kappa shape index (κ1) is 27.5. The van der Waals surface area contributed by atoms with Crippen molar-refractivity contribution in [1.29, 1.82) is 0 Å². The second-order valence-electron chi connectivity index (χ2n) is 10.6. The maximum absolute atomic E-state index is 13.3. The smallest absolute Gasteiger partial charge is 0.255 e. The van der Waals surface area contributed by atoms with Gasteiger partial charge in [0.25, 0.3) is 5.91 Å². The summed E-state index contributed by atoms with van der Waals surface area (Å²) < 4.78 is 0. The summed E-state index contributed by atoms with van der Waals surface area (Å²) in [7, 11) is 0. The molecule has 3 aromatic rings. The second-order valence-corrected chi connectivity index (χ2v) is 10.6. The first-order chi connectivity index (χ1) is 18.4. The molecular weight excluding hydrogens is 468 g/mol. The molecular formula is C33H40N4O. The lowest BCUT2D eigenvalue weighted by atomic mass is 9.80. The second kappa shape index (κ2) is 12.3. The monoisotopic (exact) mass is 508 g/mol. The van der Waals surface area contributed by atoms with Crippen LogP contribution in [-0.4, -0.2) is 35.1 Å². The fourth-order valence-electron chi connectivity index (χ4n) is 4.96. The Morgan fingerprint density at radius 1 is 1.11 bits per heavy atom. The van der Waals surface area contributed by atoms with E-state index in [1.54, 1.807) is 6.21 Å². The Balaban J connectivity index is 0.00000164. The Morgan fingerprint density at radius 3 is 2.76 bits per heavy atom. The predicted octanol–water partition coefficient (Wildman–Crippen LogP) is 6.74. The highest BCUT2D eigenvalue weighted by molar-refractivity contribution is 5.97. The van der Waals surface area contributed by atoms with Crippen molar-refractivity contribution in [3.05, 3.63) is 101 Å². The number of benzene rings is 2. The maximum atomic E-state index is 13.3. The van der Waals surface area contributed by atoms with E-state index in [0.29, 0.717) is 5.92 Å². The van der Waals surface area contributed by atoms with Crippen LogP contribution < -0.4 is 5.32 Å². The van der Waals surface area contributed by atoms with Crippen molar-refractivity contribution in [2.24, 2.45) is 16.3 Å². The molecule has 2 aromatic carbocycles. The largest absolute Gasteiger partial charge is 0.322 e. The van der Waals surface area contributed by atoms with Gasteiger partial charge in [-0.3, -0.25) is 19.7 Å². The molecule has 1 unspecified atom stereocenters. The minimum absolute atomic E-state index is 0.0594. The van der Waals surface area contributed by atoms with Crippen molar-refractivity contribution < 1.29 is 4.79 Å². The Bertz CT molecular complexity index is 1360. The summed E-state index contributed by atoms with van der Waals surface area (Å²) >= 11 is 0. The van der Waals surface area contributed by atoms with Crippen molar-refractivity contribution in [2.45, 2.75) is 54.1 Å². The van der Waals surface area contributed by atoms with E-state index < -0.39 is 0 Å². The lowest BCUT2D eigenvalue weighted by molar-refractivity contribution is 0.0965. The molecule has 5 rings (SSSR count). The van der Waals surface area contributed by atoms with Gasteiger partial charge in [0.2, 0.25) is 0 Å². The molecule has 2 aliphatic rings. The molecule has 1 atom stereocenters. The van der Waals surface area contributed by atoms with Crippen LogP contribution in [0.15, 0.2) is 83.6 Å². The minimum atomic E-state index is -0.0594. The first-order valence-corrected chi connectivity index (χ1v) is 13.8. The topological polar surface area (TPSA) is 57.6 Å². The minimum Gasteiger partial charge on any atom is -0.322 e. The molecule has 1 N–H and O–H groups in total. The third kappa shape index (κ3) is 6.28. The number of hydrogen-bond acceptors (Lipinski definition) is 4. The van der Waals surface area contributed by atoms with Gasteiger partial charge in [0, 0.05) is 55.2 Å². The fourth-order valence-corrected chi connectivity index (χ4v) is 4.96. The Morgan fingerprint density at radius 2 is 1.92 bits per heavy atom. The zero-order valence-corrected chi connectivity index (χ0v) is 23.4. The van der Waals surface area contributed by atoms with Gasteiger partial charge in [-0.15, -0.1) is 0 Å². The summed E-state index contributed by atoms with van der Waals surface area (Å²) in [5.74, 6) is 0.289. The third-order valence-corrected chi connectivity index (χ3v) is 7.64. The van der Waals surface area contributed by atoms with Gasteiger partial charge in [0.1, 0.15) is 0 Å². The average Bonchev–Trinajstić information content (AvgIpc) is 2.99. The molecule has 1 amide bonds. The van der Waals surface area contributed by atoms with E-state index >= 15 is 0 Å². The lowest BCUT2D eigenvalue weighted by Crippen LogP contribution is -2.32. The number of fused-ring (bicyclic) bond motifs is 2. The standard InChI is InChI=1S/C31H34N4O.C2H6/c1-22-11-12-25(14-16-32-21-31(22,2)3)34-30(36)28-9-6-7-23-19-35(18-15-26(23)28)20-24-13-17-33-29-10-5-4-8-27(24)29;1-2/h4-14,16-17,22H,15,18-21H2,1-3H3,(H,34,36);1-2H3/b12-11-,25-14+,32-16?;. The highest BCUT2D eigenvalue weighted by Gasteiger charge is 2.25. The number of nitrogens with one attached hydrogen (secondary N) is 1. The van der Waals surface area contributed by atoms with E-state index in [0.717, 1.165) is 54.9 Å². The van der Waals surface area contributed by atoms with E-state index in [4.69, 9.17) is 0 Å².